The third kappa shape index (κ3) is 7.85. The van der Waals surface area contributed by atoms with E-state index < -0.39 is 6.10 Å². The molecule has 0 heterocycles. The predicted octanol–water partition coefficient (Wildman–Crippen LogP) is 5.06. The van der Waals surface area contributed by atoms with Gasteiger partial charge < -0.3 is 10.0 Å². The van der Waals surface area contributed by atoms with Crippen LogP contribution in [-0.4, -0.2) is 29.6 Å². The van der Waals surface area contributed by atoms with E-state index in [1.54, 1.807) is 0 Å². The van der Waals surface area contributed by atoms with Gasteiger partial charge in [0, 0.05) is 11.6 Å². The smallest absolute Gasteiger partial charge is 0.0916 e. The van der Waals surface area contributed by atoms with Crippen molar-refractivity contribution in [2.45, 2.75) is 58.5 Å². The predicted molar refractivity (Wildman–Crippen MR) is 91.9 cm³/mol. The van der Waals surface area contributed by atoms with E-state index in [0.717, 1.165) is 25.2 Å². The van der Waals surface area contributed by atoms with Crippen LogP contribution in [0.1, 0.15) is 64.0 Å². The van der Waals surface area contributed by atoms with E-state index in [0.29, 0.717) is 5.02 Å². The summed E-state index contributed by atoms with van der Waals surface area (Å²) in [5.74, 6) is 0. The Kier molecular flexibility index (Phi) is 9.73. The molecule has 3 heteroatoms. The zero-order chi connectivity index (χ0) is 15.5. The summed E-state index contributed by atoms with van der Waals surface area (Å²) >= 11 is 5.90. The molecular formula is C18H30ClNO. The minimum absolute atomic E-state index is 0.425. The van der Waals surface area contributed by atoms with Gasteiger partial charge in [-0.1, -0.05) is 63.3 Å². The van der Waals surface area contributed by atoms with Crippen LogP contribution in [0, 0.1) is 0 Å². The Morgan fingerprint density at radius 2 is 1.48 bits per heavy atom. The molecule has 0 aliphatic heterocycles. The van der Waals surface area contributed by atoms with Gasteiger partial charge in [-0.25, -0.2) is 0 Å². The Bertz CT molecular complexity index is 356. The Labute approximate surface area is 135 Å². The lowest BCUT2D eigenvalue weighted by Crippen LogP contribution is -2.30. The number of halogens is 1. The summed E-state index contributed by atoms with van der Waals surface area (Å²) in [5, 5.41) is 11.1. The topological polar surface area (TPSA) is 23.5 Å². The van der Waals surface area contributed by atoms with Gasteiger partial charge in [0.05, 0.1) is 6.10 Å². The lowest BCUT2D eigenvalue weighted by atomic mass is 10.1. The van der Waals surface area contributed by atoms with Gasteiger partial charge >= 0.3 is 0 Å². The summed E-state index contributed by atoms with van der Waals surface area (Å²) in [4.78, 5) is 2.41. The van der Waals surface area contributed by atoms with E-state index in [1.807, 2.05) is 24.3 Å². The first-order valence-electron chi connectivity index (χ1n) is 8.33. The molecule has 120 valence electrons. The van der Waals surface area contributed by atoms with Gasteiger partial charge in [-0.3, -0.25) is 0 Å². The average molecular weight is 312 g/mol. The zero-order valence-electron chi connectivity index (χ0n) is 13.5. The molecule has 1 rings (SSSR count). The molecule has 21 heavy (non-hydrogen) atoms. The molecule has 2 nitrogen and oxygen atoms in total. The average Bonchev–Trinajstić information content (AvgIpc) is 2.48. The van der Waals surface area contributed by atoms with Crippen LogP contribution >= 0.6 is 11.6 Å². The molecule has 1 aromatic rings. The van der Waals surface area contributed by atoms with Crippen LogP contribution in [0.25, 0.3) is 0 Å². The maximum absolute atomic E-state index is 10.4. The van der Waals surface area contributed by atoms with Crippen LogP contribution < -0.4 is 0 Å². The Hall–Kier alpha value is -0.570. The maximum atomic E-state index is 10.4. The molecule has 0 fully saturated rings. The van der Waals surface area contributed by atoms with Gasteiger partial charge in [-0.15, -0.1) is 0 Å². The van der Waals surface area contributed by atoms with Crippen LogP contribution in [0.5, 0.6) is 0 Å². The number of unbranched alkanes of at least 4 members (excludes halogenated alkanes) is 4. The Balaban J connectivity index is 2.49. The highest BCUT2D eigenvalue weighted by Gasteiger charge is 2.13. The van der Waals surface area contributed by atoms with Crippen molar-refractivity contribution >= 4 is 11.6 Å². The first-order valence-corrected chi connectivity index (χ1v) is 8.71. The van der Waals surface area contributed by atoms with Crippen molar-refractivity contribution in [2.24, 2.45) is 0 Å². The van der Waals surface area contributed by atoms with E-state index in [9.17, 15) is 5.11 Å². The Morgan fingerprint density at radius 1 is 0.952 bits per heavy atom. The summed E-state index contributed by atoms with van der Waals surface area (Å²) < 4.78 is 0. The van der Waals surface area contributed by atoms with Crippen LogP contribution in [0.4, 0.5) is 0 Å². The molecule has 0 unspecified atom stereocenters. The number of aliphatic hydroxyl groups is 1. The summed E-state index contributed by atoms with van der Waals surface area (Å²) in [7, 11) is 0. The molecule has 1 atom stereocenters. The van der Waals surface area contributed by atoms with E-state index in [1.165, 1.54) is 38.5 Å². The lowest BCUT2D eigenvalue weighted by Gasteiger charge is -2.25. The summed E-state index contributed by atoms with van der Waals surface area (Å²) in [6, 6.07) is 7.53. The van der Waals surface area contributed by atoms with Crippen LogP contribution in [0.3, 0.4) is 0 Å². The lowest BCUT2D eigenvalue weighted by molar-refractivity contribution is 0.110. The van der Waals surface area contributed by atoms with Crippen molar-refractivity contribution in [1.29, 1.82) is 0 Å². The molecule has 1 aromatic carbocycles. The minimum atomic E-state index is -0.425. The fourth-order valence-electron chi connectivity index (χ4n) is 2.50. The van der Waals surface area contributed by atoms with Crippen LogP contribution in [0.15, 0.2) is 24.3 Å². The number of nitrogens with zero attached hydrogens (tertiary/aromatic N) is 1. The number of aliphatic hydroxyl groups excluding tert-OH is 1. The molecule has 0 aliphatic carbocycles. The van der Waals surface area contributed by atoms with E-state index in [4.69, 9.17) is 11.6 Å². The van der Waals surface area contributed by atoms with Gasteiger partial charge in [0.1, 0.15) is 0 Å². The first kappa shape index (κ1) is 18.5. The standard InChI is InChI=1S/C18H30ClNO/c1-3-5-7-13-20(14-8-6-4-2)15-18(21)16-9-11-17(19)12-10-16/h9-12,18,21H,3-8,13-15H2,1-2H3/t18-/m1/s1. The van der Waals surface area contributed by atoms with E-state index >= 15 is 0 Å². The van der Waals surface area contributed by atoms with Crippen molar-refractivity contribution in [1.82, 2.24) is 4.90 Å². The van der Waals surface area contributed by atoms with Crippen LogP contribution in [0.2, 0.25) is 5.02 Å². The molecule has 0 saturated heterocycles. The summed E-state index contributed by atoms with van der Waals surface area (Å²) in [6.07, 6.45) is 7.02. The minimum Gasteiger partial charge on any atom is -0.387 e. The highest BCUT2D eigenvalue weighted by molar-refractivity contribution is 6.30. The SMILES string of the molecule is CCCCCN(CCCCC)C[C@@H](O)c1ccc(Cl)cc1. The summed E-state index contributed by atoms with van der Waals surface area (Å²) in [6.45, 7) is 7.34. The second-order valence-corrected chi connectivity index (χ2v) is 6.22. The van der Waals surface area contributed by atoms with Crippen molar-refractivity contribution in [3.8, 4) is 0 Å². The molecule has 1 N–H and O–H groups in total. The highest BCUT2D eigenvalue weighted by Crippen LogP contribution is 2.18. The first-order chi connectivity index (χ1) is 10.2. The fourth-order valence-corrected chi connectivity index (χ4v) is 2.63. The largest absolute Gasteiger partial charge is 0.387 e. The highest BCUT2D eigenvalue weighted by atomic mass is 35.5. The number of rotatable bonds is 11. The molecule has 0 spiro atoms. The third-order valence-corrected chi connectivity index (χ3v) is 4.09. The normalized spacial score (nSPS) is 12.8. The summed E-state index contributed by atoms with van der Waals surface area (Å²) in [5.41, 5.74) is 0.954. The molecule has 0 radical (unpaired) electrons. The quantitative estimate of drug-likeness (QED) is 0.578. The number of hydrogen-bond acceptors (Lipinski definition) is 2. The molecule has 0 aromatic heterocycles. The van der Waals surface area contributed by atoms with Crippen molar-refractivity contribution < 1.29 is 5.11 Å². The fraction of sp³-hybridized carbons (Fsp3) is 0.667. The molecule has 0 bridgehead atoms. The molecular weight excluding hydrogens is 282 g/mol. The van der Waals surface area contributed by atoms with Gasteiger partial charge in [0.15, 0.2) is 0 Å². The molecule has 0 saturated carbocycles. The number of hydrogen-bond donors (Lipinski definition) is 1. The van der Waals surface area contributed by atoms with Crippen molar-refractivity contribution in [3.63, 3.8) is 0 Å². The van der Waals surface area contributed by atoms with Crippen LogP contribution in [-0.2, 0) is 0 Å². The monoisotopic (exact) mass is 311 g/mol. The molecule has 0 aliphatic rings. The maximum Gasteiger partial charge on any atom is 0.0916 e. The van der Waals surface area contributed by atoms with Gasteiger partial charge in [0.2, 0.25) is 0 Å². The van der Waals surface area contributed by atoms with Crippen molar-refractivity contribution in [2.75, 3.05) is 19.6 Å². The zero-order valence-corrected chi connectivity index (χ0v) is 14.3. The second-order valence-electron chi connectivity index (χ2n) is 5.78. The van der Waals surface area contributed by atoms with Gasteiger partial charge in [-0.2, -0.15) is 0 Å². The van der Waals surface area contributed by atoms with Gasteiger partial charge in [-0.05, 0) is 43.6 Å². The Morgan fingerprint density at radius 3 is 1.95 bits per heavy atom. The third-order valence-electron chi connectivity index (χ3n) is 3.84. The van der Waals surface area contributed by atoms with E-state index in [2.05, 4.69) is 18.7 Å². The number of benzene rings is 1. The van der Waals surface area contributed by atoms with Crippen molar-refractivity contribution in [3.05, 3.63) is 34.9 Å². The van der Waals surface area contributed by atoms with Gasteiger partial charge in [0.25, 0.3) is 0 Å². The van der Waals surface area contributed by atoms with E-state index in [-0.39, 0.29) is 0 Å². The second kappa shape index (κ2) is 11.1. The molecule has 0 amide bonds.